The molecule has 8 heteroatoms. The number of carbonyl (C=O) groups excluding carboxylic acids is 2. The van der Waals surface area contributed by atoms with Crippen LogP contribution in [0.25, 0.3) is 0 Å². The van der Waals surface area contributed by atoms with Gasteiger partial charge in [-0.1, -0.05) is 23.7 Å². The Morgan fingerprint density at radius 3 is 2.06 bits per heavy atom. The number of hydrogen-bond acceptors (Lipinski definition) is 7. The minimum atomic E-state index is -0.629. The van der Waals surface area contributed by atoms with Crippen LogP contribution in [0.2, 0.25) is 5.02 Å². The minimum Gasteiger partial charge on any atom is -0.462 e. The van der Waals surface area contributed by atoms with Crippen molar-refractivity contribution < 1.29 is 23.8 Å². The molecule has 0 unspecified atom stereocenters. The number of nitrogens with zero attached hydrogens (tertiary/aromatic N) is 1. The zero-order valence-electron chi connectivity index (χ0n) is 19.6. The van der Waals surface area contributed by atoms with Gasteiger partial charge >= 0.3 is 5.97 Å². The van der Waals surface area contributed by atoms with Crippen LogP contribution in [-0.2, 0) is 30.4 Å². The molecule has 0 aliphatic carbocycles. The lowest BCUT2D eigenvalue weighted by molar-refractivity contribution is -0.176. The number of hydrogen-bond donors (Lipinski definition) is 1. The molecule has 2 rings (SSSR count). The first kappa shape index (κ1) is 27.4. The molecule has 176 valence electrons. The summed E-state index contributed by atoms with van der Waals surface area (Å²) in [4.78, 5) is 22.3. The maximum absolute atomic E-state index is 12.8. The second-order valence-corrected chi connectivity index (χ2v) is 10.2. The van der Waals surface area contributed by atoms with E-state index in [1.807, 2.05) is 65.8 Å². The summed E-state index contributed by atoms with van der Waals surface area (Å²) in [6.45, 7) is 13.6. The van der Waals surface area contributed by atoms with Gasteiger partial charge in [0, 0.05) is 18.1 Å². The van der Waals surface area contributed by atoms with Gasteiger partial charge in [0.1, 0.15) is 11.2 Å². The molecule has 1 heterocycles. The number of nitrogens with two attached hydrogens (primary N) is 1. The van der Waals surface area contributed by atoms with E-state index in [2.05, 4.69) is 4.74 Å². The molecule has 1 aliphatic heterocycles. The molecule has 0 atom stereocenters. The molecule has 2 N–H and O–H groups in total. The van der Waals surface area contributed by atoms with Crippen LogP contribution in [-0.4, -0.2) is 48.3 Å². The molecular formula is C23H37ClN2O5. The van der Waals surface area contributed by atoms with Crippen molar-refractivity contribution in [3.05, 3.63) is 34.9 Å². The van der Waals surface area contributed by atoms with Crippen molar-refractivity contribution in [1.29, 1.82) is 0 Å². The van der Waals surface area contributed by atoms with Crippen LogP contribution in [0.15, 0.2) is 24.3 Å². The standard InChI is InChI=1S/C18H27ClN2O3.C5H10O2/c1-17(2,3)24-16(22)18(8-10-21(20)11-9-18)13-23-12-14-4-6-15(19)7-5-14;1-5(2,3)7-4-6/h4-7H,8-13,20H2,1-3H3;4H,1-3H3. The fourth-order valence-electron chi connectivity index (χ4n) is 2.84. The lowest BCUT2D eigenvalue weighted by atomic mass is 9.79. The van der Waals surface area contributed by atoms with Crippen molar-refractivity contribution >= 4 is 24.0 Å². The average Bonchev–Trinajstić information content (AvgIpc) is 2.63. The van der Waals surface area contributed by atoms with Gasteiger partial charge in [-0.05, 0) is 72.1 Å². The molecule has 0 bridgehead atoms. The summed E-state index contributed by atoms with van der Waals surface area (Å²) in [6.07, 6.45) is 1.28. The summed E-state index contributed by atoms with van der Waals surface area (Å²) in [7, 11) is 0. The molecule has 1 saturated heterocycles. The van der Waals surface area contributed by atoms with Crippen molar-refractivity contribution in [2.24, 2.45) is 11.3 Å². The van der Waals surface area contributed by atoms with E-state index in [1.165, 1.54) is 0 Å². The normalized spacial score (nSPS) is 16.6. The molecule has 1 aliphatic rings. The van der Waals surface area contributed by atoms with Crippen LogP contribution in [0.1, 0.15) is 59.9 Å². The number of hydrazine groups is 1. The summed E-state index contributed by atoms with van der Waals surface area (Å²) in [5, 5.41) is 2.43. The van der Waals surface area contributed by atoms with Crippen molar-refractivity contribution in [2.75, 3.05) is 19.7 Å². The quantitative estimate of drug-likeness (QED) is 0.391. The summed E-state index contributed by atoms with van der Waals surface area (Å²) >= 11 is 5.89. The van der Waals surface area contributed by atoms with Crippen LogP contribution in [0.5, 0.6) is 0 Å². The number of carbonyl (C=O) groups is 2. The van der Waals surface area contributed by atoms with Gasteiger partial charge < -0.3 is 14.2 Å². The topological polar surface area (TPSA) is 91.1 Å². The van der Waals surface area contributed by atoms with Crippen LogP contribution in [0.3, 0.4) is 0 Å². The van der Waals surface area contributed by atoms with Crippen LogP contribution < -0.4 is 5.84 Å². The zero-order chi connectivity index (χ0) is 23.7. The Hall–Kier alpha value is -1.67. The Balaban J connectivity index is 0.000000592. The molecule has 1 fully saturated rings. The van der Waals surface area contributed by atoms with E-state index in [0.29, 0.717) is 50.6 Å². The highest BCUT2D eigenvalue weighted by Crippen LogP contribution is 2.34. The van der Waals surface area contributed by atoms with Crippen LogP contribution >= 0.6 is 11.6 Å². The lowest BCUT2D eigenvalue weighted by Crippen LogP contribution is -2.51. The van der Waals surface area contributed by atoms with E-state index in [-0.39, 0.29) is 11.6 Å². The Morgan fingerprint density at radius 2 is 1.65 bits per heavy atom. The van der Waals surface area contributed by atoms with Gasteiger partial charge in [0.25, 0.3) is 6.47 Å². The first-order valence-electron chi connectivity index (χ1n) is 10.4. The third kappa shape index (κ3) is 11.0. The third-order valence-corrected chi connectivity index (χ3v) is 4.80. The fourth-order valence-corrected chi connectivity index (χ4v) is 2.96. The van der Waals surface area contributed by atoms with Crippen molar-refractivity contribution in [3.63, 3.8) is 0 Å². The molecule has 1 aromatic carbocycles. The second kappa shape index (κ2) is 11.8. The van der Waals surface area contributed by atoms with E-state index in [9.17, 15) is 9.59 Å². The van der Waals surface area contributed by atoms with E-state index < -0.39 is 11.0 Å². The highest BCUT2D eigenvalue weighted by atomic mass is 35.5. The average molecular weight is 457 g/mol. The van der Waals surface area contributed by atoms with E-state index in [0.717, 1.165) is 5.56 Å². The van der Waals surface area contributed by atoms with Crippen molar-refractivity contribution in [2.45, 2.75) is 72.2 Å². The van der Waals surface area contributed by atoms with Crippen LogP contribution in [0, 0.1) is 5.41 Å². The Kier molecular flexibility index (Phi) is 10.4. The van der Waals surface area contributed by atoms with E-state index in [1.54, 1.807) is 5.01 Å². The predicted octanol–water partition coefficient (Wildman–Crippen LogP) is 4.11. The number of piperidine rings is 1. The van der Waals surface area contributed by atoms with Gasteiger partial charge in [0.05, 0.1) is 18.6 Å². The number of benzene rings is 1. The highest BCUT2D eigenvalue weighted by Gasteiger charge is 2.44. The predicted molar refractivity (Wildman–Crippen MR) is 121 cm³/mol. The van der Waals surface area contributed by atoms with Gasteiger partial charge in [0.2, 0.25) is 0 Å². The van der Waals surface area contributed by atoms with Crippen molar-refractivity contribution in [3.8, 4) is 0 Å². The Labute approximate surface area is 191 Å². The van der Waals surface area contributed by atoms with Gasteiger partial charge in [-0.25, -0.2) is 5.01 Å². The smallest absolute Gasteiger partial charge is 0.315 e. The monoisotopic (exact) mass is 456 g/mol. The molecule has 31 heavy (non-hydrogen) atoms. The first-order chi connectivity index (χ1) is 14.3. The van der Waals surface area contributed by atoms with E-state index in [4.69, 9.17) is 26.9 Å². The number of halogens is 1. The van der Waals surface area contributed by atoms with Gasteiger partial charge in [-0.3, -0.25) is 15.4 Å². The molecule has 0 radical (unpaired) electrons. The van der Waals surface area contributed by atoms with Gasteiger partial charge in [-0.2, -0.15) is 0 Å². The maximum Gasteiger partial charge on any atom is 0.315 e. The van der Waals surface area contributed by atoms with Crippen LogP contribution in [0.4, 0.5) is 0 Å². The SMILES string of the molecule is CC(C)(C)OC(=O)C1(COCc2ccc(Cl)cc2)CCN(N)CC1.CC(C)(C)OC=O. The second-order valence-electron chi connectivity index (χ2n) is 9.76. The lowest BCUT2D eigenvalue weighted by Gasteiger charge is -2.39. The molecular weight excluding hydrogens is 420 g/mol. The third-order valence-electron chi connectivity index (χ3n) is 4.55. The molecule has 0 amide bonds. The highest BCUT2D eigenvalue weighted by molar-refractivity contribution is 6.30. The molecule has 1 aromatic rings. The largest absolute Gasteiger partial charge is 0.462 e. The number of rotatable bonds is 6. The summed E-state index contributed by atoms with van der Waals surface area (Å²) in [5.41, 5.74) is -0.438. The fraction of sp³-hybridized carbons (Fsp3) is 0.652. The molecule has 0 spiro atoms. The maximum atomic E-state index is 12.8. The Morgan fingerprint density at radius 1 is 1.10 bits per heavy atom. The molecule has 0 aromatic heterocycles. The van der Waals surface area contributed by atoms with Gasteiger partial charge in [0.15, 0.2) is 0 Å². The number of ether oxygens (including phenoxy) is 3. The Bertz CT molecular complexity index is 687. The zero-order valence-corrected chi connectivity index (χ0v) is 20.3. The minimum absolute atomic E-state index is 0.195. The van der Waals surface area contributed by atoms with Crippen molar-refractivity contribution in [1.82, 2.24) is 5.01 Å². The molecule has 0 saturated carbocycles. The number of esters is 1. The van der Waals surface area contributed by atoms with E-state index >= 15 is 0 Å². The summed E-state index contributed by atoms with van der Waals surface area (Å²) in [6, 6.07) is 7.50. The van der Waals surface area contributed by atoms with Gasteiger partial charge in [-0.15, -0.1) is 0 Å². The first-order valence-corrected chi connectivity index (χ1v) is 10.8. The summed E-state index contributed by atoms with van der Waals surface area (Å²) in [5.74, 6) is 5.65. The summed E-state index contributed by atoms with van der Waals surface area (Å²) < 4.78 is 16.1. The molecule has 7 nitrogen and oxygen atoms in total.